The second-order valence-electron chi connectivity index (χ2n) is 5.03. The van der Waals surface area contributed by atoms with Gasteiger partial charge in [-0.1, -0.05) is 25.5 Å². The van der Waals surface area contributed by atoms with Crippen LogP contribution in [0.2, 0.25) is 0 Å². The molecule has 1 saturated heterocycles. The van der Waals surface area contributed by atoms with Gasteiger partial charge >= 0.3 is 0 Å². The average molecular weight is 310 g/mol. The van der Waals surface area contributed by atoms with Crippen molar-refractivity contribution in [3.05, 3.63) is 29.8 Å². The molecular weight excluding hydrogens is 292 g/mol. The minimum absolute atomic E-state index is 0.0942. The molecule has 1 aliphatic rings. The Morgan fingerprint density at radius 2 is 1.86 bits per heavy atom. The van der Waals surface area contributed by atoms with Gasteiger partial charge in [0.05, 0.1) is 11.4 Å². The van der Waals surface area contributed by atoms with Crippen molar-refractivity contribution in [3.8, 4) is 0 Å². The van der Waals surface area contributed by atoms with Crippen molar-refractivity contribution in [1.29, 1.82) is 0 Å². The van der Waals surface area contributed by atoms with Crippen LogP contribution in [-0.4, -0.2) is 37.1 Å². The summed E-state index contributed by atoms with van der Waals surface area (Å²) in [6, 6.07) is 5.65. The van der Waals surface area contributed by atoms with Gasteiger partial charge in [0.2, 0.25) is 21.8 Å². The molecular formula is C14H18N2O4S. The molecule has 114 valence electrons. The van der Waals surface area contributed by atoms with Gasteiger partial charge < -0.3 is 0 Å². The Balaban J connectivity index is 2.32. The fourth-order valence-corrected chi connectivity index (χ4v) is 3.79. The third kappa shape index (κ3) is 3.14. The van der Waals surface area contributed by atoms with E-state index in [1.165, 1.54) is 19.1 Å². The lowest BCUT2D eigenvalue weighted by atomic mass is 10.1. The van der Waals surface area contributed by atoms with Crippen LogP contribution in [0.1, 0.15) is 25.8 Å². The van der Waals surface area contributed by atoms with Crippen LogP contribution in [0.5, 0.6) is 0 Å². The standard InChI is InChI=1S/C14H18N2O4S/c1-3-4-11-5-7-12(8-6-11)21(19,20)16-9-13(17)15-14(18)10(16)2/h5-8,10H,3-4,9H2,1-2H3,(H,15,17,18). The number of rotatable bonds is 4. The summed E-state index contributed by atoms with van der Waals surface area (Å²) in [6.45, 7) is 3.17. The van der Waals surface area contributed by atoms with Gasteiger partial charge in [0.25, 0.3) is 0 Å². The number of imide groups is 1. The predicted molar refractivity (Wildman–Crippen MR) is 76.9 cm³/mol. The van der Waals surface area contributed by atoms with Gasteiger partial charge in [0.1, 0.15) is 6.04 Å². The third-order valence-corrected chi connectivity index (χ3v) is 5.37. The highest BCUT2D eigenvalue weighted by molar-refractivity contribution is 7.89. The van der Waals surface area contributed by atoms with Crippen molar-refractivity contribution in [2.24, 2.45) is 0 Å². The van der Waals surface area contributed by atoms with E-state index in [4.69, 9.17) is 0 Å². The molecule has 6 nitrogen and oxygen atoms in total. The van der Waals surface area contributed by atoms with E-state index < -0.39 is 27.9 Å². The van der Waals surface area contributed by atoms with E-state index in [2.05, 4.69) is 5.32 Å². The van der Waals surface area contributed by atoms with E-state index in [0.717, 1.165) is 22.7 Å². The molecule has 1 fully saturated rings. The Hall–Kier alpha value is -1.73. The van der Waals surface area contributed by atoms with Crippen molar-refractivity contribution in [2.75, 3.05) is 6.54 Å². The maximum Gasteiger partial charge on any atom is 0.244 e. The molecule has 0 bridgehead atoms. The maximum atomic E-state index is 12.6. The molecule has 1 aromatic rings. The number of aryl methyl sites for hydroxylation is 1. The van der Waals surface area contributed by atoms with E-state index in [1.807, 2.05) is 6.92 Å². The Morgan fingerprint density at radius 3 is 2.43 bits per heavy atom. The minimum Gasteiger partial charge on any atom is -0.294 e. The summed E-state index contributed by atoms with van der Waals surface area (Å²) < 4.78 is 26.0. The van der Waals surface area contributed by atoms with Gasteiger partial charge in [-0.15, -0.1) is 0 Å². The number of benzene rings is 1. The molecule has 0 saturated carbocycles. The summed E-state index contributed by atoms with van der Waals surface area (Å²) >= 11 is 0. The molecule has 1 aliphatic heterocycles. The molecule has 1 heterocycles. The lowest BCUT2D eigenvalue weighted by molar-refractivity contribution is -0.136. The zero-order valence-electron chi connectivity index (χ0n) is 12.0. The van der Waals surface area contributed by atoms with E-state index in [-0.39, 0.29) is 11.4 Å². The van der Waals surface area contributed by atoms with Crippen molar-refractivity contribution in [3.63, 3.8) is 0 Å². The first-order valence-electron chi connectivity index (χ1n) is 6.80. The van der Waals surface area contributed by atoms with E-state index in [0.29, 0.717) is 0 Å². The van der Waals surface area contributed by atoms with Crippen LogP contribution in [0.3, 0.4) is 0 Å². The first-order chi connectivity index (χ1) is 9.86. The highest BCUT2D eigenvalue weighted by Crippen LogP contribution is 2.20. The Labute approximate surface area is 124 Å². The van der Waals surface area contributed by atoms with Crippen LogP contribution in [0.25, 0.3) is 0 Å². The molecule has 1 aromatic carbocycles. The number of hydrogen-bond acceptors (Lipinski definition) is 4. The predicted octanol–water partition coefficient (Wildman–Crippen LogP) is 0.675. The van der Waals surface area contributed by atoms with Gasteiger partial charge in [-0.05, 0) is 31.0 Å². The summed E-state index contributed by atoms with van der Waals surface area (Å²) in [5.41, 5.74) is 1.05. The summed E-state index contributed by atoms with van der Waals surface area (Å²) in [7, 11) is -3.86. The fourth-order valence-electron chi connectivity index (χ4n) is 2.24. The van der Waals surface area contributed by atoms with Gasteiger partial charge in [-0.2, -0.15) is 4.31 Å². The number of carbonyl (C=O) groups excluding carboxylic acids is 2. The van der Waals surface area contributed by atoms with E-state index in [1.54, 1.807) is 12.1 Å². The van der Waals surface area contributed by atoms with E-state index in [9.17, 15) is 18.0 Å². The Kier molecular flexibility index (Phi) is 4.43. The quantitative estimate of drug-likeness (QED) is 0.829. The second-order valence-corrected chi connectivity index (χ2v) is 6.92. The summed E-state index contributed by atoms with van der Waals surface area (Å²) in [6.07, 6.45) is 1.85. The lowest BCUT2D eigenvalue weighted by Gasteiger charge is -2.30. The molecule has 21 heavy (non-hydrogen) atoms. The van der Waals surface area contributed by atoms with Crippen molar-refractivity contribution >= 4 is 21.8 Å². The van der Waals surface area contributed by atoms with Crippen LogP contribution in [0.15, 0.2) is 29.2 Å². The van der Waals surface area contributed by atoms with Crippen molar-refractivity contribution < 1.29 is 18.0 Å². The number of amides is 2. The number of carbonyl (C=O) groups is 2. The minimum atomic E-state index is -3.86. The summed E-state index contributed by atoms with van der Waals surface area (Å²) in [5, 5.41) is 2.12. The highest BCUT2D eigenvalue weighted by Gasteiger charge is 2.38. The zero-order valence-corrected chi connectivity index (χ0v) is 12.8. The molecule has 0 spiro atoms. The van der Waals surface area contributed by atoms with Crippen LogP contribution in [0, 0.1) is 0 Å². The molecule has 7 heteroatoms. The van der Waals surface area contributed by atoms with Gasteiger partial charge in [0, 0.05) is 0 Å². The molecule has 1 N–H and O–H groups in total. The second kappa shape index (κ2) is 5.95. The molecule has 0 aliphatic carbocycles. The smallest absolute Gasteiger partial charge is 0.244 e. The molecule has 2 rings (SSSR count). The highest BCUT2D eigenvalue weighted by atomic mass is 32.2. The largest absolute Gasteiger partial charge is 0.294 e. The molecule has 1 unspecified atom stereocenters. The third-order valence-electron chi connectivity index (χ3n) is 3.44. The lowest BCUT2D eigenvalue weighted by Crippen LogP contribution is -2.58. The van der Waals surface area contributed by atoms with Crippen LogP contribution in [0.4, 0.5) is 0 Å². The molecule has 0 radical (unpaired) electrons. The maximum absolute atomic E-state index is 12.6. The first kappa shape index (κ1) is 15.7. The Morgan fingerprint density at radius 1 is 1.24 bits per heavy atom. The topological polar surface area (TPSA) is 83.6 Å². The van der Waals surface area contributed by atoms with Gasteiger partial charge in [0.15, 0.2) is 0 Å². The van der Waals surface area contributed by atoms with E-state index >= 15 is 0 Å². The van der Waals surface area contributed by atoms with Crippen LogP contribution in [-0.2, 0) is 26.0 Å². The number of sulfonamides is 1. The number of nitrogens with zero attached hydrogens (tertiary/aromatic N) is 1. The zero-order chi connectivity index (χ0) is 15.6. The molecule has 1 atom stereocenters. The Bertz CT molecular complexity index is 652. The first-order valence-corrected chi connectivity index (χ1v) is 8.24. The molecule has 2 amide bonds. The van der Waals surface area contributed by atoms with Gasteiger partial charge in [-0.25, -0.2) is 8.42 Å². The summed E-state index contributed by atoms with van der Waals surface area (Å²) in [4.78, 5) is 23.1. The normalized spacial score (nSPS) is 20.4. The molecule has 0 aromatic heterocycles. The number of piperazine rings is 1. The van der Waals surface area contributed by atoms with Crippen molar-refractivity contribution in [2.45, 2.75) is 37.6 Å². The van der Waals surface area contributed by atoms with Crippen molar-refractivity contribution in [1.82, 2.24) is 9.62 Å². The number of nitrogens with one attached hydrogen (secondary N) is 1. The van der Waals surface area contributed by atoms with Crippen LogP contribution < -0.4 is 5.32 Å². The monoisotopic (exact) mass is 310 g/mol. The van der Waals surface area contributed by atoms with Crippen LogP contribution >= 0.6 is 0 Å². The van der Waals surface area contributed by atoms with Gasteiger partial charge in [-0.3, -0.25) is 14.9 Å². The fraction of sp³-hybridized carbons (Fsp3) is 0.429. The summed E-state index contributed by atoms with van der Waals surface area (Å²) in [5.74, 6) is -1.21. The number of hydrogen-bond donors (Lipinski definition) is 1. The average Bonchev–Trinajstić information content (AvgIpc) is 2.43. The SMILES string of the molecule is CCCc1ccc(S(=O)(=O)N2CC(=O)NC(=O)C2C)cc1.